The fraction of sp³-hybridized carbons (Fsp3) is 0.190. The van der Waals surface area contributed by atoms with E-state index < -0.39 is 0 Å². The number of hydrogen-bond donors (Lipinski definition) is 1. The van der Waals surface area contributed by atoms with Crippen LogP contribution < -0.4 is 5.56 Å². The van der Waals surface area contributed by atoms with E-state index >= 15 is 0 Å². The van der Waals surface area contributed by atoms with Crippen LogP contribution in [0.2, 0.25) is 5.02 Å². The van der Waals surface area contributed by atoms with Gasteiger partial charge < -0.3 is 4.98 Å². The highest BCUT2D eigenvalue weighted by Gasteiger charge is 2.21. The first-order chi connectivity index (χ1) is 13.1. The summed E-state index contributed by atoms with van der Waals surface area (Å²) in [5.41, 5.74) is 4.12. The molecule has 6 heteroatoms. The average Bonchev–Trinajstić information content (AvgIpc) is 2.69. The molecule has 0 amide bonds. The first-order valence-electron chi connectivity index (χ1n) is 8.72. The van der Waals surface area contributed by atoms with Gasteiger partial charge in [0.1, 0.15) is 5.82 Å². The maximum absolute atomic E-state index is 12.6. The summed E-state index contributed by atoms with van der Waals surface area (Å²) in [6.45, 7) is 2.14. The molecular weight excluding hydrogens is 360 g/mol. The molecule has 2 aromatic carbocycles. The summed E-state index contributed by atoms with van der Waals surface area (Å²) < 4.78 is 0. The molecule has 1 aromatic heterocycles. The van der Waals surface area contributed by atoms with E-state index in [1.54, 1.807) is 12.1 Å². The number of hydrogen-bond acceptors (Lipinski definition) is 4. The summed E-state index contributed by atoms with van der Waals surface area (Å²) >= 11 is 5.93. The van der Waals surface area contributed by atoms with Crippen LogP contribution in [0.5, 0.6) is 0 Å². The van der Waals surface area contributed by atoms with Crippen LogP contribution in [0.25, 0.3) is 11.4 Å². The predicted octanol–water partition coefficient (Wildman–Crippen LogP) is 3.52. The third-order valence-corrected chi connectivity index (χ3v) is 5.01. The van der Waals surface area contributed by atoms with Crippen molar-refractivity contribution in [1.29, 1.82) is 5.26 Å². The Hall–Kier alpha value is -2.94. The number of nitriles is 1. The molecule has 5 nitrogen and oxygen atoms in total. The zero-order chi connectivity index (χ0) is 18.8. The smallest absolute Gasteiger partial charge is 0.255 e. The van der Waals surface area contributed by atoms with E-state index in [2.05, 4.69) is 20.9 Å². The van der Waals surface area contributed by atoms with Crippen molar-refractivity contribution in [3.63, 3.8) is 0 Å². The SMILES string of the molecule is N#Cc1ccc(CN2CCc3nc(-c4ccc(Cl)cc4)[nH]c(=O)c3C2)cc1. The second kappa shape index (κ2) is 7.36. The van der Waals surface area contributed by atoms with Gasteiger partial charge in [0, 0.05) is 36.6 Å². The van der Waals surface area contributed by atoms with Crippen LogP contribution in [0.15, 0.2) is 53.3 Å². The standard InChI is InChI=1S/C21H17ClN4O/c22-17-7-5-16(6-8-17)20-24-19-9-10-26(13-18(19)21(27)25-20)12-15-3-1-14(11-23)2-4-15/h1-8H,9-10,12-13H2,(H,24,25,27). The lowest BCUT2D eigenvalue weighted by Crippen LogP contribution is -2.35. The van der Waals surface area contributed by atoms with Crippen LogP contribution in [-0.2, 0) is 19.5 Å². The molecule has 0 fully saturated rings. The largest absolute Gasteiger partial charge is 0.306 e. The summed E-state index contributed by atoms with van der Waals surface area (Å²) in [7, 11) is 0. The molecule has 0 unspecified atom stereocenters. The second-order valence-corrected chi connectivity index (χ2v) is 7.05. The Kier molecular flexibility index (Phi) is 4.76. The van der Waals surface area contributed by atoms with Gasteiger partial charge in [-0.15, -0.1) is 0 Å². The quantitative estimate of drug-likeness (QED) is 0.759. The summed E-state index contributed by atoms with van der Waals surface area (Å²) in [5, 5.41) is 9.55. The Labute approximate surface area is 161 Å². The van der Waals surface area contributed by atoms with Crippen molar-refractivity contribution >= 4 is 11.6 Å². The van der Waals surface area contributed by atoms with Crippen LogP contribution >= 0.6 is 11.6 Å². The molecule has 4 rings (SSSR count). The Balaban J connectivity index is 1.55. The van der Waals surface area contributed by atoms with Crippen LogP contribution in [0, 0.1) is 11.3 Å². The van der Waals surface area contributed by atoms with Crippen molar-refractivity contribution in [1.82, 2.24) is 14.9 Å². The molecular formula is C21H17ClN4O. The van der Waals surface area contributed by atoms with Gasteiger partial charge in [0.05, 0.1) is 22.9 Å². The highest BCUT2D eigenvalue weighted by Crippen LogP contribution is 2.21. The molecule has 0 saturated carbocycles. The fourth-order valence-electron chi connectivity index (χ4n) is 3.30. The van der Waals surface area contributed by atoms with Gasteiger partial charge in [0.2, 0.25) is 0 Å². The summed E-state index contributed by atoms with van der Waals surface area (Å²) in [4.78, 5) is 22.4. The normalized spacial score (nSPS) is 13.8. The minimum Gasteiger partial charge on any atom is -0.306 e. The van der Waals surface area contributed by atoms with Gasteiger partial charge in [-0.3, -0.25) is 9.69 Å². The highest BCUT2D eigenvalue weighted by atomic mass is 35.5. The molecule has 1 aliphatic heterocycles. The Morgan fingerprint density at radius 2 is 1.89 bits per heavy atom. The van der Waals surface area contributed by atoms with Crippen LogP contribution in [-0.4, -0.2) is 21.4 Å². The molecule has 0 atom stereocenters. The maximum atomic E-state index is 12.6. The van der Waals surface area contributed by atoms with E-state index in [0.717, 1.165) is 41.9 Å². The minimum absolute atomic E-state index is 0.0884. The predicted molar refractivity (Wildman–Crippen MR) is 104 cm³/mol. The summed E-state index contributed by atoms with van der Waals surface area (Å²) in [5.74, 6) is 0.580. The Morgan fingerprint density at radius 3 is 2.59 bits per heavy atom. The fourth-order valence-corrected chi connectivity index (χ4v) is 3.43. The van der Waals surface area contributed by atoms with Crippen molar-refractivity contribution in [2.45, 2.75) is 19.5 Å². The number of rotatable bonds is 3. The third-order valence-electron chi connectivity index (χ3n) is 4.75. The third kappa shape index (κ3) is 3.77. The molecule has 0 spiro atoms. The van der Waals surface area contributed by atoms with E-state index in [-0.39, 0.29) is 5.56 Å². The van der Waals surface area contributed by atoms with Crippen LogP contribution in [0.4, 0.5) is 0 Å². The van der Waals surface area contributed by atoms with Gasteiger partial charge in [-0.05, 0) is 42.0 Å². The van der Waals surface area contributed by atoms with E-state index in [4.69, 9.17) is 16.9 Å². The minimum atomic E-state index is -0.0884. The zero-order valence-corrected chi connectivity index (χ0v) is 15.3. The molecule has 0 bridgehead atoms. The lowest BCUT2D eigenvalue weighted by atomic mass is 10.0. The number of nitrogens with zero attached hydrogens (tertiary/aromatic N) is 3. The molecule has 1 aliphatic rings. The zero-order valence-electron chi connectivity index (χ0n) is 14.6. The Morgan fingerprint density at radius 1 is 1.15 bits per heavy atom. The van der Waals surface area contributed by atoms with E-state index in [1.165, 1.54) is 0 Å². The van der Waals surface area contributed by atoms with Gasteiger partial charge in [-0.1, -0.05) is 23.7 Å². The topological polar surface area (TPSA) is 72.8 Å². The number of H-pyrrole nitrogens is 1. The van der Waals surface area contributed by atoms with Gasteiger partial charge in [0.25, 0.3) is 5.56 Å². The molecule has 0 aliphatic carbocycles. The number of halogens is 1. The van der Waals surface area contributed by atoms with Gasteiger partial charge in [-0.25, -0.2) is 4.98 Å². The lowest BCUT2D eigenvalue weighted by molar-refractivity contribution is 0.242. The molecule has 0 saturated heterocycles. The van der Waals surface area contributed by atoms with Crippen LogP contribution in [0.3, 0.4) is 0 Å². The second-order valence-electron chi connectivity index (χ2n) is 6.62. The highest BCUT2D eigenvalue weighted by molar-refractivity contribution is 6.30. The lowest BCUT2D eigenvalue weighted by Gasteiger charge is -2.27. The number of aromatic nitrogens is 2. The molecule has 1 N–H and O–H groups in total. The number of fused-ring (bicyclic) bond motifs is 1. The van der Waals surface area contributed by atoms with Gasteiger partial charge >= 0.3 is 0 Å². The molecule has 2 heterocycles. The summed E-state index contributed by atoms with van der Waals surface area (Å²) in [6.07, 6.45) is 0.732. The molecule has 0 radical (unpaired) electrons. The van der Waals surface area contributed by atoms with Crippen molar-refractivity contribution in [2.24, 2.45) is 0 Å². The van der Waals surface area contributed by atoms with Crippen LogP contribution in [0.1, 0.15) is 22.4 Å². The number of benzene rings is 2. The monoisotopic (exact) mass is 376 g/mol. The first-order valence-corrected chi connectivity index (χ1v) is 9.09. The number of aromatic amines is 1. The van der Waals surface area contributed by atoms with Crippen molar-refractivity contribution in [3.05, 3.63) is 86.3 Å². The maximum Gasteiger partial charge on any atom is 0.255 e. The van der Waals surface area contributed by atoms with Crippen molar-refractivity contribution in [2.75, 3.05) is 6.54 Å². The van der Waals surface area contributed by atoms with Crippen molar-refractivity contribution < 1.29 is 0 Å². The average molecular weight is 377 g/mol. The summed E-state index contributed by atoms with van der Waals surface area (Å²) in [6, 6.07) is 17.0. The van der Waals surface area contributed by atoms with Crippen molar-refractivity contribution in [3.8, 4) is 17.5 Å². The van der Waals surface area contributed by atoms with Gasteiger partial charge in [0.15, 0.2) is 0 Å². The van der Waals surface area contributed by atoms with E-state index in [1.807, 2.05) is 36.4 Å². The Bertz CT molecular complexity index is 1070. The molecule has 27 heavy (non-hydrogen) atoms. The molecule has 134 valence electrons. The van der Waals surface area contributed by atoms with E-state index in [0.29, 0.717) is 23.0 Å². The van der Waals surface area contributed by atoms with Gasteiger partial charge in [-0.2, -0.15) is 5.26 Å². The first kappa shape index (κ1) is 17.5. The number of nitrogens with one attached hydrogen (secondary N) is 1. The van der Waals surface area contributed by atoms with E-state index in [9.17, 15) is 4.79 Å². The molecule has 3 aromatic rings.